The van der Waals surface area contributed by atoms with E-state index in [1.807, 2.05) is 60.7 Å². The van der Waals surface area contributed by atoms with Gasteiger partial charge in [0.2, 0.25) is 0 Å². The highest BCUT2D eigenvalue weighted by Crippen LogP contribution is 2.27. The van der Waals surface area contributed by atoms with Gasteiger partial charge in [0, 0.05) is 12.1 Å². The molecule has 0 bridgehead atoms. The van der Waals surface area contributed by atoms with Gasteiger partial charge in [-0.1, -0.05) is 37.9 Å². The second-order valence-electron chi connectivity index (χ2n) is 5.61. The van der Waals surface area contributed by atoms with Gasteiger partial charge in [-0.25, -0.2) is 0 Å². The van der Waals surface area contributed by atoms with Crippen molar-refractivity contribution < 1.29 is 0 Å². The summed E-state index contributed by atoms with van der Waals surface area (Å²) in [7, 11) is 0. The van der Waals surface area contributed by atoms with Crippen molar-refractivity contribution in [1.29, 1.82) is 0 Å². The summed E-state index contributed by atoms with van der Waals surface area (Å²) in [6, 6.07) is 17.9. The molecule has 0 unspecified atom stereocenters. The minimum absolute atomic E-state index is 0.729. The lowest BCUT2D eigenvalue weighted by Gasteiger charge is -2.35. The molecule has 3 heteroatoms. The third kappa shape index (κ3) is 4.37. The highest BCUT2D eigenvalue weighted by Gasteiger charge is 2.26. The molecule has 0 heterocycles. The molecule has 0 spiro atoms. The Morgan fingerprint density at radius 1 is 0.667 bits per heavy atom. The summed E-state index contributed by atoms with van der Waals surface area (Å²) < 4.78 is 0.729. The van der Waals surface area contributed by atoms with Crippen molar-refractivity contribution in [2.75, 3.05) is 19.6 Å². The molecule has 3 nitrogen and oxygen atoms in total. The zero-order valence-electron chi connectivity index (χ0n) is 14.0. The summed E-state index contributed by atoms with van der Waals surface area (Å²) in [5.41, 5.74) is 2.86. The summed E-state index contributed by atoms with van der Waals surface area (Å²) in [4.78, 5) is 0. The van der Waals surface area contributed by atoms with E-state index in [9.17, 15) is 0 Å². The van der Waals surface area contributed by atoms with Gasteiger partial charge in [0.1, 0.15) is 25.3 Å². The summed E-state index contributed by atoms with van der Waals surface area (Å²) in [5.74, 6) is 0. The first-order valence-electron chi connectivity index (χ1n) is 8.00. The van der Waals surface area contributed by atoms with Crippen LogP contribution in [-0.4, -0.2) is 19.6 Å². The molecule has 0 aliphatic rings. The molecule has 0 amide bonds. The molecule has 24 heavy (non-hydrogen) atoms. The largest absolute Gasteiger partial charge is 0.281 e. The Morgan fingerprint density at radius 2 is 1.12 bits per heavy atom. The zero-order chi connectivity index (χ0) is 17.3. The van der Waals surface area contributed by atoms with Crippen LogP contribution in [-0.2, 0) is 0 Å². The molecular formula is C21H24N3+. The smallest absolute Gasteiger partial charge is 0.133 e. The lowest BCUT2D eigenvalue weighted by molar-refractivity contribution is 0.365. The van der Waals surface area contributed by atoms with E-state index in [1.165, 1.54) is 5.69 Å². The predicted octanol–water partition coefficient (Wildman–Crippen LogP) is 5.97. The highest BCUT2D eigenvalue weighted by molar-refractivity contribution is 5.51. The second-order valence-corrected chi connectivity index (χ2v) is 5.61. The fourth-order valence-electron chi connectivity index (χ4n) is 2.73. The van der Waals surface area contributed by atoms with Crippen LogP contribution >= 0.6 is 0 Å². The van der Waals surface area contributed by atoms with Crippen LogP contribution in [0, 0.1) is 0 Å². The molecule has 0 fully saturated rings. The van der Waals surface area contributed by atoms with Crippen molar-refractivity contribution in [3.63, 3.8) is 0 Å². The number of hydrogen-bond donors (Lipinski definition) is 0. The maximum Gasteiger partial charge on any atom is 0.133 e. The minimum atomic E-state index is 0.729. The fraction of sp³-hybridized carbons (Fsp3) is 0.143. The molecule has 0 saturated heterocycles. The average Bonchev–Trinajstić information content (AvgIpc) is 2.62. The molecule has 0 aliphatic carbocycles. The number of benzene rings is 2. The van der Waals surface area contributed by atoms with Crippen molar-refractivity contribution in [2.45, 2.75) is 0 Å². The van der Waals surface area contributed by atoms with Crippen molar-refractivity contribution in [3.8, 4) is 0 Å². The van der Waals surface area contributed by atoms with Crippen LogP contribution in [0.3, 0.4) is 0 Å². The van der Waals surface area contributed by atoms with Crippen molar-refractivity contribution >= 4 is 17.1 Å². The maximum atomic E-state index is 4.30. The third-order valence-electron chi connectivity index (χ3n) is 3.87. The molecule has 0 aliphatic heterocycles. The van der Waals surface area contributed by atoms with Gasteiger partial charge in [0.25, 0.3) is 0 Å². The van der Waals surface area contributed by atoms with Gasteiger partial charge in [-0.3, -0.25) is 4.48 Å². The molecule has 122 valence electrons. The Kier molecular flexibility index (Phi) is 6.41. The third-order valence-corrected chi connectivity index (χ3v) is 3.87. The standard InChI is InChI=1S/C21H24N3/c1-4-16-24(17-5-2,18-6-3)21-14-12-20(13-15-21)23-22-19-10-8-7-9-11-19/h4-15H,1-3,16-18H2/q+1/b23-22+. The van der Waals surface area contributed by atoms with E-state index in [0.717, 1.165) is 35.5 Å². The number of hydrogen-bond acceptors (Lipinski definition) is 2. The first kappa shape index (κ1) is 17.6. The molecule has 0 aromatic heterocycles. The van der Waals surface area contributed by atoms with Crippen molar-refractivity contribution in [1.82, 2.24) is 4.48 Å². The van der Waals surface area contributed by atoms with E-state index >= 15 is 0 Å². The fourth-order valence-corrected chi connectivity index (χ4v) is 2.73. The van der Waals surface area contributed by atoms with Crippen molar-refractivity contribution in [3.05, 3.63) is 92.6 Å². The number of rotatable bonds is 9. The van der Waals surface area contributed by atoms with E-state index in [2.05, 4.69) is 42.1 Å². The molecule has 2 aromatic rings. The molecule has 0 N–H and O–H groups in total. The highest BCUT2D eigenvalue weighted by atomic mass is 15.3. The van der Waals surface area contributed by atoms with E-state index in [-0.39, 0.29) is 0 Å². The van der Waals surface area contributed by atoms with Gasteiger partial charge in [-0.15, -0.1) is 0 Å². The SMILES string of the molecule is C=CC[N+](CC=C)(CC=C)c1ccc(/N=N/c2ccccc2)cc1. The summed E-state index contributed by atoms with van der Waals surface area (Å²) in [6.07, 6.45) is 5.82. The van der Waals surface area contributed by atoms with Crippen LogP contribution in [0.2, 0.25) is 0 Å². The Balaban J connectivity index is 2.25. The Bertz CT molecular complexity index is 673. The lowest BCUT2D eigenvalue weighted by atomic mass is 10.2. The van der Waals surface area contributed by atoms with Crippen LogP contribution < -0.4 is 4.48 Å². The van der Waals surface area contributed by atoms with E-state index < -0.39 is 0 Å². The zero-order valence-corrected chi connectivity index (χ0v) is 14.0. The van der Waals surface area contributed by atoms with E-state index in [4.69, 9.17) is 0 Å². The second kappa shape index (κ2) is 8.75. The Morgan fingerprint density at radius 3 is 1.58 bits per heavy atom. The number of azo groups is 1. The summed E-state index contributed by atoms with van der Waals surface area (Å²) >= 11 is 0. The topological polar surface area (TPSA) is 24.7 Å². The molecule has 0 atom stereocenters. The van der Waals surface area contributed by atoms with Crippen LogP contribution in [0.25, 0.3) is 0 Å². The van der Waals surface area contributed by atoms with Gasteiger partial charge >= 0.3 is 0 Å². The summed E-state index contributed by atoms with van der Waals surface area (Å²) in [6.45, 7) is 14.2. The lowest BCUT2D eigenvalue weighted by Crippen LogP contribution is -2.49. The molecule has 2 aromatic carbocycles. The first-order valence-corrected chi connectivity index (χ1v) is 8.00. The van der Waals surface area contributed by atoms with Gasteiger partial charge < -0.3 is 0 Å². The normalized spacial score (nSPS) is 11.3. The van der Waals surface area contributed by atoms with Crippen LogP contribution in [0.5, 0.6) is 0 Å². The van der Waals surface area contributed by atoms with Crippen LogP contribution in [0.1, 0.15) is 0 Å². The minimum Gasteiger partial charge on any atom is -0.281 e. The van der Waals surface area contributed by atoms with Gasteiger partial charge in [0.15, 0.2) is 0 Å². The molecule has 0 saturated carbocycles. The number of nitrogens with zero attached hydrogens (tertiary/aromatic N) is 3. The number of quaternary nitrogens is 1. The summed E-state index contributed by atoms with van der Waals surface area (Å²) in [5, 5.41) is 8.54. The maximum absolute atomic E-state index is 4.30. The average molecular weight is 318 g/mol. The van der Waals surface area contributed by atoms with Crippen LogP contribution in [0.4, 0.5) is 17.1 Å². The van der Waals surface area contributed by atoms with Crippen molar-refractivity contribution in [2.24, 2.45) is 10.2 Å². The van der Waals surface area contributed by atoms with Gasteiger partial charge in [-0.2, -0.15) is 10.2 Å². The van der Waals surface area contributed by atoms with Crippen LogP contribution in [0.15, 0.2) is 103 Å². The molecular weight excluding hydrogens is 294 g/mol. The van der Waals surface area contributed by atoms with Gasteiger partial charge in [0.05, 0.1) is 11.4 Å². The predicted molar refractivity (Wildman–Crippen MR) is 104 cm³/mol. The Hall–Kier alpha value is -2.78. The van der Waals surface area contributed by atoms with E-state index in [1.54, 1.807) is 0 Å². The van der Waals surface area contributed by atoms with E-state index in [0.29, 0.717) is 0 Å². The molecule has 0 radical (unpaired) electrons. The Labute approximate surface area is 144 Å². The first-order chi connectivity index (χ1) is 11.7. The van der Waals surface area contributed by atoms with Gasteiger partial charge in [-0.05, 0) is 42.5 Å². The molecule has 2 rings (SSSR count). The quantitative estimate of drug-likeness (QED) is 0.309. The monoisotopic (exact) mass is 318 g/mol.